The number of halogens is 1. The van der Waals surface area contributed by atoms with E-state index in [1.54, 1.807) is 12.1 Å². The molecule has 16 heavy (non-hydrogen) atoms. The standard InChI is InChI=1S/C15H13F/c16-13-8-6-12(7-9-13)15-10-14(15)11-4-2-1-3-5-11/h1-9,14-15H,10H2/t14-,15-/m0/s1. The third-order valence-electron chi connectivity index (χ3n) is 3.32. The molecule has 0 amide bonds. The van der Waals surface area contributed by atoms with E-state index < -0.39 is 0 Å². The maximum atomic E-state index is 12.8. The van der Waals surface area contributed by atoms with Gasteiger partial charge >= 0.3 is 0 Å². The highest BCUT2D eigenvalue weighted by molar-refractivity contribution is 5.36. The average molecular weight is 212 g/mol. The number of hydrogen-bond donors (Lipinski definition) is 0. The minimum absolute atomic E-state index is 0.152. The summed E-state index contributed by atoms with van der Waals surface area (Å²) in [6, 6.07) is 17.5. The molecule has 2 atom stereocenters. The maximum Gasteiger partial charge on any atom is 0.123 e. The molecule has 1 fully saturated rings. The zero-order chi connectivity index (χ0) is 11.0. The van der Waals surface area contributed by atoms with Gasteiger partial charge in [-0.2, -0.15) is 0 Å². The molecule has 0 spiro atoms. The molecule has 2 aromatic carbocycles. The first-order chi connectivity index (χ1) is 7.84. The molecule has 0 N–H and O–H groups in total. The summed E-state index contributed by atoms with van der Waals surface area (Å²) in [6.07, 6.45) is 1.19. The Bertz CT molecular complexity index is 473. The van der Waals surface area contributed by atoms with Crippen molar-refractivity contribution in [1.82, 2.24) is 0 Å². The van der Waals surface area contributed by atoms with Gasteiger partial charge in [-0.05, 0) is 41.5 Å². The van der Waals surface area contributed by atoms with Crippen molar-refractivity contribution < 1.29 is 4.39 Å². The zero-order valence-corrected chi connectivity index (χ0v) is 8.94. The summed E-state index contributed by atoms with van der Waals surface area (Å²) in [6.45, 7) is 0. The van der Waals surface area contributed by atoms with E-state index in [9.17, 15) is 4.39 Å². The van der Waals surface area contributed by atoms with Crippen molar-refractivity contribution in [2.24, 2.45) is 0 Å². The van der Waals surface area contributed by atoms with Gasteiger partial charge in [-0.25, -0.2) is 4.39 Å². The normalized spacial score (nSPS) is 23.1. The third-order valence-corrected chi connectivity index (χ3v) is 3.32. The van der Waals surface area contributed by atoms with Gasteiger partial charge in [0.15, 0.2) is 0 Å². The lowest BCUT2D eigenvalue weighted by Gasteiger charge is -2.01. The van der Waals surface area contributed by atoms with Gasteiger partial charge in [-0.3, -0.25) is 0 Å². The van der Waals surface area contributed by atoms with Crippen LogP contribution < -0.4 is 0 Å². The molecule has 1 saturated carbocycles. The molecule has 0 nitrogen and oxygen atoms in total. The summed E-state index contributed by atoms with van der Waals surface area (Å²) in [5.74, 6) is 1.07. The molecule has 0 saturated heterocycles. The van der Waals surface area contributed by atoms with Crippen molar-refractivity contribution in [3.63, 3.8) is 0 Å². The first-order valence-corrected chi connectivity index (χ1v) is 5.65. The molecule has 0 radical (unpaired) electrons. The predicted molar refractivity (Wildman–Crippen MR) is 62.9 cm³/mol. The largest absolute Gasteiger partial charge is 0.207 e. The molecule has 1 aliphatic carbocycles. The second-order valence-electron chi connectivity index (χ2n) is 4.41. The third kappa shape index (κ3) is 1.73. The Morgan fingerprint density at radius 1 is 0.750 bits per heavy atom. The van der Waals surface area contributed by atoms with Crippen molar-refractivity contribution in [1.29, 1.82) is 0 Å². The van der Waals surface area contributed by atoms with Gasteiger partial charge in [0.2, 0.25) is 0 Å². The lowest BCUT2D eigenvalue weighted by Crippen LogP contribution is -1.84. The molecule has 80 valence electrons. The highest BCUT2D eigenvalue weighted by Crippen LogP contribution is 2.54. The van der Waals surface area contributed by atoms with Crippen LogP contribution in [0.15, 0.2) is 54.6 Å². The summed E-state index contributed by atoms with van der Waals surface area (Å²) < 4.78 is 12.8. The highest BCUT2D eigenvalue weighted by Gasteiger charge is 2.39. The van der Waals surface area contributed by atoms with Crippen LogP contribution >= 0.6 is 0 Å². The first kappa shape index (κ1) is 9.59. The van der Waals surface area contributed by atoms with Gasteiger partial charge < -0.3 is 0 Å². The molecule has 0 bridgehead atoms. The van der Waals surface area contributed by atoms with Crippen molar-refractivity contribution in [3.8, 4) is 0 Å². The number of benzene rings is 2. The molecule has 1 heteroatoms. The van der Waals surface area contributed by atoms with E-state index in [1.807, 2.05) is 18.2 Å². The van der Waals surface area contributed by atoms with Gasteiger partial charge in [0, 0.05) is 0 Å². The monoisotopic (exact) mass is 212 g/mol. The van der Waals surface area contributed by atoms with Crippen LogP contribution in [-0.2, 0) is 0 Å². The minimum atomic E-state index is -0.152. The lowest BCUT2D eigenvalue weighted by atomic mass is 10.0. The predicted octanol–water partition coefficient (Wildman–Crippen LogP) is 4.10. The summed E-state index contributed by atoms with van der Waals surface area (Å²) >= 11 is 0. The van der Waals surface area contributed by atoms with E-state index >= 15 is 0 Å². The fraction of sp³-hybridized carbons (Fsp3) is 0.200. The van der Waals surface area contributed by atoms with Crippen LogP contribution in [0.1, 0.15) is 29.4 Å². The summed E-state index contributed by atoms with van der Waals surface area (Å²) in [4.78, 5) is 0. The quantitative estimate of drug-likeness (QED) is 0.703. The second-order valence-corrected chi connectivity index (χ2v) is 4.41. The van der Waals surface area contributed by atoms with Crippen molar-refractivity contribution in [2.75, 3.05) is 0 Å². The Morgan fingerprint density at radius 2 is 1.31 bits per heavy atom. The van der Waals surface area contributed by atoms with Gasteiger partial charge in [-0.15, -0.1) is 0 Å². The number of hydrogen-bond acceptors (Lipinski definition) is 0. The molecule has 0 aromatic heterocycles. The zero-order valence-electron chi connectivity index (χ0n) is 8.94. The van der Waals surface area contributed by atoms with E-state index in [1.165, 1.54) is 17.5 Å². The van der Waals surface area contributed by atoms with Crippen LogP contribution in [0.5, 0.6) is 0 Å². The van der Waals surface area contributed by atoms with Gasteiger partial charge in [0.25, 0.3) is 0 Å². The second kappa shape index (κ2) is 3.75. The van der Waals surface area contributed by atoms with E-state index in [0.717, 1.165) is 0 Å². The van der Waals surface area contributed by atoms with Crippen LogP contribution in [0, 0.1) is 5.82 Å². The topological polar surface area (TPSA) is 0 Å². The van der Waals surface area contributed by atoms with Crippen molar-refractivity contribution in [2.45, 2.75) is 18.3 Å². The van der Waals surface area contributed by atoms with Crippen molar-refractivity contribution in [3.05, 3.63) is 71.5 Å². The fourth-order valence-electron chi connectivity index (χ4n) is 2.34. The van der Waals surface area contributed by atoms with Gasteiger partial charge in [-0.1, -0.05) is 42.5 Å². The van der Waals surface area contributed by atoms with Crippen LogP contribution in [-0.4, -0.2) is 0 Å². The molecule has 3 rings (SSSR count). The average Bonchev–Trinajstić information content (AvgIpc) is 3.11. The smallest absolute Gasteiger partial charge is 0.123 e. The van der Waals surface area contributed by atoms with Crippen LogP contribution in [0.2, 0.25) is 0 Å². The molecule has 0 aliphatic heterocycles. The number of rotatable bonds is 2. The first-order valence-electron chi connectivity index (χ1n) is 5.65. The molecular formula is C15H13F. The van der Waals surface area contributed by atoms with E-state index in [-0.39, 0.29) is 5.82 Å². The van der Waals surface area contributed by atoms with Crippen LogP contribution in [0.25, 0.3) is 0 Å². The van der Waals surface area contributed by atoms with Gasteiger partial charge in [0.1, 0.15) is 5.82 Å². The SMILES string of the molecule is Fc1ccc([C@@H]2C[C@H]2c2ccccc2)cc1. The lowest BCUT2D eigenvalue weighted by molar-refractivity contribution is 0.627. The van der Waals surface area contributed by atoms with Crippen LogP contribution in [0.4, 0.5) is 4.39 Å². The minimum Gasteiger partial charge on any atom is -0.207 e. The Balaban J connectivity index is 1.79. The van der Waals surface area contributed by atoms with E-state index in [0.29, 0.717) is 11.8 Å². The molecule has 2 aromatic rings. The molecule has 0 heterocycles. The summed E-state index contributed by atoms with van der Waals surface area (Å²) in [5.41, 5.74) is 2.66. The Hall–Kier alpha value is -1.63. The highest BCUT2D eigenvalue weighted by atomic mass is 19.1. The Kier molecular flexibility index (Phi) is 2.24. The Labute approximate surface area is 94.7 Å². The summed E-state index contributed by atoms with van der Waals surface area (Å²) in [7, 11) is 0. The Morgan fingerprint density at radius 3 is 1.94 bits per heavy atom. The molecular weight excluding hydrogens is 199 g/mol. The molecule has 1 aliphatic rings. The van der Waals surface area contributed by atoms with Gasteiger partial charge in [0.05, 0.1) is 0 Å². The van der Waals surface area contributed by atoms with Crippen LogP contribution in [0.3, 0.4) is 0 Å². The van der Waals surface area contributed by atoms with E-state index in [4.69, 9.17) is 0 Å². The van der Waals surface area contributed by atoms with Crippen molar-refractivity contribution >= 4 is 0 Å². The maximum absolute atomic E-state index is 12.8. The van der Waals surface area contributed by atoms with E-state index in [2.05, 4.69) is 24.3 Å². The fourth-order valence-corrected chi connectivity index (χ4v) is 2.34. The summed E-state index contributed by atoms with van der Waals surface area (Å²) in [5, 5.41) is 0. The molecule has 0 unspecified atom stereocenters.